The number of imidazole rings is 1. The first-order valence-electron chi connectivity index (χ1n) is 6.63. The predicted octanol–water partition coefficient (Wildman–Crippen LogP) is 2.31. The standard InChI is InChI=1S/C15H20N2O2/c1-3-9-16-11-12-17(15(16)18)10-8-13-4-6-14(19-2)7-5-13/h4-7,11-12H,3,8-10H2,1-2H3. The summed E-state index contributed by atoms with van der Waals surface area (Å²) in [5, 5.41) is 0. The summed E-state index contributed by atoms with van der Waals surface area (Å²) in [5.74, 6) is 0.856. The Balaban J connectivity index is 2.00. The van der Waals surface area contributed by atoms with E-state index in [0.29, 0.717) is 6.54 Å². The van der Waals surface area contributed by atoms with Crippen molar-refractivity contribution in [2.75, 3.05) is 7.11 Å². The first kappa shape index (κ1) is 13.5. The van der Waals surface area contributed by atoms with Gasteiger partial charge in [0.05, 0.1) is 7.11 Å². The van der Waals surface area contributed by atoms with Gasteiger partial charge in [0.15, 0.2) is 0 Å². The van der Waals surface area contributed by atoms with E-state index in [1.54, 1.807) is 16.2 Å². The number of rotatable bonds is 6. The summed E-state index contributed by atoms with van der Waals surface area (Å²) in [6.45, 7) is 3.57. The molecule has 4 nitrogen and oxygen atoms in total. The molecule has 0 aliphatic carbocycles. The Bertz CT molecular complexity index is 567. The minimum Gasteiger partial charge on any atom is -0.497 e. The first-order chi connectivity index (χ1) is 9.24. The van der Waals surface area contributed by atoms with Gasteiger partial charge in [0.2, 0.25) is 0 Å². The van der Waals surface area contributed by atoms with Crippen molar-refractivity contribution in [3.63, 3.8) is 0 Å². The highest BCUT2D eigenvalue weighted by atomic mass is 16.5. The number of nitrogens with zero attached hydrogens (tertiary/aromatic N) is 2. The van der Waals surface area contributed by atoms with E-state index < -0.39 is 0 Å². The Hall–Kier alpha value is -1.97. The van der Waals surface area contributed by atoms with Gasteiger partial charge >= 0.3 is 5.69 Å². The fraction of sp³-hybridized carbons (Fsp3) is 0.400. The fourth-order valence-corrected chi connectivity index (χ4v) is 2.08. The van der Waals surface area contributed by atoms with E-state index in [2.05, 4.69) is 6.92 Å². The summed E-state index contributed by atoms with van der Waals surface area (Å²) in [6, 6.07) is 7.96. The zero-order chi connectivity index (χ0) is 13.7. The van der Waals surface area contributed by atoms with Crippen molar-refractivity contribution in [1.82, 2.24) is 9.13 Å². The largest absolute Gasteiger partial charge is 0.497 e. The van der Waals surface area contributed by atoms with Gasteiger partial charge in [-0.1, -0.05) is 19.1 Å². The van der Waals surface area contributed by atoms with Gasteiger partial charge in [-0.15, -0.1) is 0 Å². The van der Waals surface area contributed by atoms with Crippen LogP contribution < -0.4 is 10.4 Å². The van der Waals surface area contributed by atoms with Crippen LogP contribution in [0.4, 0.5) is 0 Å². The van der Waals surface area contributed by atoms with Gasteiger partial charge in [-0.25, -0.2) is 4.79 Å². The third kappa shape index (κ3) is 3.28. The van der Waals surface area contributed by atoms with Gasteiger partial charge < -0.3 is 4.74 Å². The molecule has 0 aliphatic heterocycles. The van der Waals surface area contributed by atoms with Gasteiger partial charge in [0.25, 0.3) is 0 Å². The maximum Gasteiger partial charge on any atom is 0.328 e. The van der Waals surface area contributed by atoms with Gasteiger partial charge in [-0.3, -0.25) is 9.13 Å². The van der Waals surface area contributed by atoms with Crippen LogP contribution in [0.2, 0.25) is 0 Å². The van der Waals surface area contributed by atoms with Crippen molar-refractivity contribution >= 4 is 0 Å². The average Bonchev–Trinajstić information content (AvgIpc) is 2.79. The van der Waals surface area contributed by atoms with Crippen LogP contribution in [-0.4, -0.2) is 16.2 Å². The van der Waals surface area contributed by atoms with Crippen LogP contribution >= 0.6 is 0 Å². The summed E-state index contributed by atoms with van der Waals surface area (Å²) in [6.07, 6.45) is 5.55. The van der Waals surface area contributed by atoms with Crippen LogP contribution in [0.15, 0.2) is 41.5 Å². The molecule has 0 amide bonds. The molecule has 0 saturated heterocycles. The Kier molecular flexibility index (Phi) is 4.44. The molecule has 19 heavy (non-hydrogen) atoms. The highest BCUT2D eigenvalue weighted by Crippen LogP contribution is 2.11. The van der Waals surface area contributed by atoms with Gasteiger partial charge in [0, 0.05) is 25.5 Å². The second-order valence-electron chi connectivity index (χ2n) is 4.57. The molecule has 0 atom stereocenters. The van der Waals surface area contributed by atoms with E-state index in [0.717, 1.165) is 25.1 Å². The Morgan fingerprint density at radius 2 is 1.68 bits per heavy atom. The molecule has 2 rings (SSSR count). The summed E-state index contributed by atoms with van der Waals surface area (Å²) >= 11 is 0. The first-order valence-corrected chi connectivity index (χ1v) is 6.63. The number of aromatic nitrogens is 2. The molecule has 1 aromatic carbocycles. The molecule has 0 unspecified atom stereocenters. The molecule has 102 valence electrons. The Labute approximate surface area is 113 Å². The lowest BCUT2D eigenvalue weighted by atomic mass is 10.1. The smallest absolute Gasteiger partial charge is 0.328 e. The molecule has 0 bridgehead atoms. The lowest BCUT2D eigenvalue weighted by Gasteiger charge is -2.04. The van der Waals surface area contributed by atoms with Crippen LogP contribution in [0, 0.1) is 0 Å². The van der Waals surface area contributed by atoms with E-state index in [4.69, 9.17) is 4.74 Å². The van der Waals surface area contributed by atoms with Crippen LogP contribution in [0.5, 0.6) is 5.75 Å². The van der Waals surface area contributed by atoms with Gasteiger partial charge in [-0.05, 0) is 30.5 Å². The van der Waals surface area contributed by atoms with Crippen molar-refractivity contribution in [3.8, 4) is 5.75 Å². The van der Waals surface area contributed by atoms with E-state index in [1.165, 1.54) is 5.56 Å². The summed E-state index contributed by atoms with van der Waals surface area (Å²) in [7, 11) is 1.66. The van der Waals surface area contributed by atoms with Crippen LogP contribution in [0.3, 0.4) is 0 Å². The normalized spacial score (nSPS) is 10.6. The zero-order valence-electron chi connectivity index (χ0n) is 11.5. The molecule has 2 aromatic rings. The highest BCUT2D eigenvalue weighted by Gasteiger charge is 2.02. The van der Waals surface area contributed by atoms with E-state index in [-0.39, 0.29) is 5.69 Å². The maximum absolute atomic E-state index is 12.0. The molecular formula is C15H20N2O2. The molecule has 0 spiro atoms. The topological polar surface area (TPSA) is 36.2 Å². The van der Waals surface area contributed by atoms with Crippen LogP contribution in [0.1, 0.15) is 18.9 Å². The summed E-state index contributed by atoms with van der Waals surface area (Å²) < 4.78 is 8.64. The zero-order valence-corrected chi connectivity index (χ0v) is 11.5. The van der Waals surface area contributed by atoms with Crippen molar-refractivity contribution in [2.45, 2.75) is 32.9 Å². The van der Waals surface area contributed by atoms with E-state index in [1.807, 2.05) is 36.7 Å². The third-order valence-corrected chi connectivity index (χ3v) is 3.18. The molecule has 0 N–H and O–H groups in total. The number of ether oxygens (including phenoxy) is 1. The van der Waals surface area contributed by atoms with Crippen LogP contribution in [-0.2, 0) is 19.5 Å². The molecule has 1 aromatic heterocycles. The van der Waals surface area contributed by atoms with E-state index >= 15 is 0 Å². The van der Waals surface area contributed by atoms with Gasteiger partial charge in [0.1, 0.15) is 5.75 Å². The second-order valence-corrected chi connectivity index (χ2v) is 4.57. The quantitative estimate of drug-likeness (QED) is 0.799. The molecule has 0 fully saturated rings. The maximum atomic E-state index is 12.0. The van der Waals surface area contributed by atoms with Gasteiger partial charge in [-0.2, -0.15) is 0 Å². The van der Waals surface area contributed by atoms with Crippen LogP contribution in [0.25, 0.3) is 0 Å². The number of benzene rings is 1. The summed E-state index contributed by atoms with van der Waals surface area (Å²) in [5.41, 5.74) is 1.28. The molecule has 4 heteroatoms. The van der Waals surface area contributed by atoms with Crippen molar-refractivity contribution < 1.29 is 4.74 Å². The minimum atomic E-state index is 0.0790. The van der Waals surface area contributed by atoms with E-state index in [9.17, 15) is 4.79 Å². The molecule has 0 aliphatic rings. The SMILES string of the molecule is CCCn1ccn(CCc2ccc(OC)cc2)c1=O. The third-order valence-electron chi connectivity index (χ3n) is 3.18. The number of hydrogen-bond donors (Lipinski definition) is 0. The predicted molar refractivity (Wildman–Crippen MR) is 75.7 cm³/mol. The number of aryl methyl sites for hydroxylation is 3. The lowest BCUT2D eigenvalue weighted by Crippen LogP contribution is -2.24. The summed E-state index contributed by atoms with van der Waals surface area (Å²) in [4.78, 5) is 12.0. The monoisotopic (exact) mass is 260 g/mol. The average molecular weight is 260 g/mol. The lowest BCUT2D eigenvalue weighted by molar-refractivity contribution is 0.414. The molecule has 0 radical (unpaired) electrons. The second kappa shape index (κ2) is 6.27. The molecular weight excluding hydrogens is 240 g/mol. The van der Waals surface area contributed by atoms with Crippen molar-refractivity contribution in [2.24, 2.45) is 0 Å². The Morgan fingerprint density at radius 1 is 1.05 bits per heavy atom. The Morgan fingerprint density at radius 3 is 2.26 bits per heavy atom. The minimum absolute atomic E-state index is 0.0790. The van der Waals surface area contributed by atoms with Crippen molar-refractivity contribution in [1.29, 1.82) is 0 Å². The van der Waals surface area contributed by atoms with Crippen molar-refractivity contribution in [3.05, 3.63) is 52.7 Å². The molecule has 0 saturated carbocycles. The molecule has 1 heterocycles. The fourth-order valence-electron chi connectivity index (χ4n) is 2.08. The number of methoxy groups -OCH3 is 1. The number of hydrogen-bond acceptors (Lipinski definition) is 2. The highest BCUT2D eigenvalue weighted by molar-refractivity contribution is 5.27.